The van der Waals surface area contributed by atoms with E-state index in [1.165, 1.54) is 12.3 Å². The van der Waals surface area contributed by atoms with Crippen LogP contribution in [0.1, 0.15) is 29.5 Å². The monoisotopic (exact) mass is 251 g/mol. The summed E-state index contributed by atoms with van der Waals surface area (Å²) in [4.78, 5) is 35.8. The van der Waals surface area contributed by atoms with E-state index >= 15 is 0 Å². The third kappa shape index (κ3) is 2.00. The van der Waals surface area contributed by atoms with Crippen molar-refractivity contribution in [3.63, 3.8) is 0 Å². The van der Waals surface area contributed by atoms with Gasteiger partial charge in [0.05, 0.1) is 18.4 Å². The molecule has 7 nitrogen and oxygen atoms in total. The van der Waals surface area contributed by atoms with Gasteiger partial charge in [-0.3, -0.25) is 24.7 Å². The van der Waals surface area contributed by atoms with Crippen LogP contribution in [0.4, 0.5) is 0 Å². The fourth-order valence-corrected chi connectivity index (χ4v) is 1.90. The third-order valence-electron chi connectivity index (χ3n) is 2.89. The van der Waals surface area contributed by atoms with Crippen molar-refractivity contribution in [1.29, 1.82) is 0 Å². The lowest BCUT2D eigenvalue weighted by Crippen LogP contribution is -2.33. The van der Waals surface area contributed by atoms with Crippen LogP contribution in [0.5, 0.6) is 0 Å². The van der Waals surface area contributed by atoms with E-state index < -0.39 is 5.91 Å². The first kappa shape index (κ1) is 12.3. The lowest BCUT2D eigenvalue weighted by Gasteiger charge is -2.13. The lowest BCUT2D eigenvalue weighted by atomic mass is 10.1. The van der Waals surface area contributed by atoms with Crippen LogP contribution in [0.3, 0.4) is 0 Å². The van der Waals surface area contributed by atoms with Gasteiger partial charge in [-0.1, -0.05) is 6.92 Å². The zero-order valence-corrected chi connectivity index (χ0v) is 9.80. The molecule has 1 aromatic rings. The Bertz CT molecular complexity index is 508. The van der Waals surface area contributed by atoms with Crippen LogP contribution in [-0.4, -0.2) is 22.6 Å². The first-order valence-corrected chi connectivity index (χ1v) is 5.46. The molecule has 2 heterocycles. The van der Waals surface area contributed by atoms with Gasteiger partial charge >= 0.3 is 0 Å². The van der Waals surface area contributed by atoms with Crippen LogP contribution in [0.25, 0.3) is 0 Å². The summed E-state index contributed by atoms with van der Waals surface area (Å²) < 4.78 is 5.12. The van der Waals surface area contributed by atoms with E-state index in [-0.39, 0.29) is 42.0 Å². The van der Waals surface area contributed by atoms with Gasteiger partial charge in [-0.05, 0) is 6.07 Å². The number of hydrogen-bond acceptors (Lipinski definition) is 5. The van der Waals surface area contributed by atoms with E-state index in [2.05, 4.69) is 0 Å². The molecule has 1 atom stereocenters. The van der Waals surface area contributed by atoms with E-state index in [1.54, 1.807) is 6.92 Å². The number of imide groups is 1. The van der Waals surface area contributed by atoms with Crippen LogP contribution < -0.4 is 11.3 Å². The maximum atomic E-state index is 11.7. The molecule has 2 rings (SSSR count). The summed E-state index contributed by atoms with van der Waals surface area (Å²) in [6.07, 6.45) is 1.51. The number of furan rings is 1. The molecule has 0 aliphatic carbocycles. The standard InChI is InChI=1S/C11H13N3O4/c1-6-4-9(15)14(11(6)17)5-8-7(2-3-18-8)10(16)13-12/h2-3,6H,4-5,12H2,1H3,(H,13,16). The summed E-state index contributed by atoms with van der Waals surface area (Å²) >= 11 is 0. The average molecular weight is 251 g/mol. The summed E-state index contributed by atoms with van der Waals surface area (Å²) in [5, 5.41) is 0. The van der Waals surface area contributed by atoms with Gasteiger partial charge in [0.2, 0.25) is 11.8 Å². The van der Waals surface area contributed by atoms with Crippen LogP contribution in [-0.2, 0) is 16.1 Å². The molecule has 7 heteroatoms. The van der Waals surface area contributed by atoms with Gasteiger partial charge in [0.25, 0.3) is 5.91 Å². The van der Waals surface area contributed by atoms with Crippen molar-refractivity contribution >= 4 is 17.7 Å². The second kappa shape index (κ2) is 4.61. The molecule has 1 aliphatic heterocycles. The molecular weight excluding hydrogens is 238 g/mol. The number of likely N-dealkylation sites (tertiary alicyclic amines) is 1. The molecule has 96 valence electrons. The highest BCUT2D eigenvalue weighted by molar-refractivity contribution is 6.03. The minimum absolute atomic E-state index is 0.0439. The Balaban J connectivity index is 2.20. The van der Waals surface area contributed by atoms with E-state index in [0.29, 0.717) is 0 Å². The number of carbonyl (C=O) groups is 3. The topological polar surface area (TPSA) is 106 Å². The van der Waals surface area contributed by atoms with Crippen molar-refractivity contribution in [2.75, 3.05) is 0 Å². The first-order valence-electron chi connectivity index (χ1n) is 5.46. The lowest BCUT2D eigenvalue weighted by molar-refractivity contribution is -0.140. The zero-order chi connectivity index (χ0) is 13.3. The summed E-state index contributed by atoms with van der Waals surface area (Å²) in [6, 6.07) is 1.44. The highest BCUT2D eigenvalue weighted by Crippen LogP contribution is 2.22. The number of nitrogens with one attached hydrogen (secondary N) is 1. The average Bonchev–Trinajstić information content (AvgIpc) is 2.89. The molecule has 1 aromatic heterocycles. The van der Waals surface area contributed by atoms with Crippen LogP contribution >= 0.6 is 0 Å². The Morgan fingerprint density at radius 2 is 2.33 bits per heavy atom. The second-order valence-electron chi connectivity index (χ2n) is 4.15. The minimum Gasteiger partial charge on any atom is -0.467 e. The van der Waals surface area contributed by atoms with Crippen LogP contribution in [0.2, 0.25) is 0 Å². The smallest absolute Gasteiger partial charge is 0.268 e. The van der Waals surface area contributed by atoms with Crippen molar-refractivity contribution < 1.29 is 18.8 Å². The molecule has 0 bridgehead atoms. The summed E-state index contributed by atoms with van der Waals surface area (Å²) in [7, 11) is 0. The molecule has 1 unspecified atom stereocenters. The maximum absolute atomic E-state index is 11.7. The number of nitrogens with zero attached hydrogens (tertiary/aromatic N) is 1. The van der Waals surface area contributed by atoms with Gasteiger partial charge in [0, 0.05) is 12.3 Å². The SMILES string of the molecule is CC1CC(=O)N(Cc2occc2C(=O)NN)C1=O. The number of hydrogen-bond donors (Lipinski definition) is 2. The molecule has 1 saturated heterocycles. The van der Waals surface area contributed by atoms with Gasteiger partial charge in [0.1, 0.15) is 5.76 Å². The van der Waals surface area contributed by atoms with E-state index in [9.17, 15) is 14.4 Å². The summed E-state index contributed by atoms with van der Waals surface area (Å²) in [5.41, 5.74) is 2.20. The minimum atomic E-state index is -0.522. The van der Waals surface area contributed by atoms with Crippen LogP contribution in [0, 0.1) is 5.92 Å². The number of nitrogen functional groups attached to an aromatic ring is 1. The van der Waals surface area contributed by atoms with Crippen molar-refractivity contribution in [2.45, 2.75) is 19.9 Å². The zero-order valence-electron chi connectivity index (χ0n) is 9.80. The normalized spacial score (nSPS) is 19.4. The number of hydrazine groups is 1. The largest absolute Gasteiger partial charge is 0.467 e. The Kier molecular flexibility index (Phi) is 3.15. The molecule has 1 aliphatic rings. The van der Waals surface area contributed by atoms with E-state index in [4.69, 9.17) is 10.3 Å². The number of carbonyl (C=O) groups excluding carboxylic acids is 3. The van der Waals surface area contributed by atoms with Gasteiger partial charge in [-0.25, -0.2) is 5.84 Å². The molecule has 3 N–H and O–H groups in total. The van der Waals surface area contributed by atoms with Gasteiger partial charge in [0.15, 0.2) is 0 Å². The molecular formula is C11H13N3O4. The predicted octanol–water partition coefficient (Wildman–Crippen LogP) is -0.222. The molecule has 0 radical (unpaired) electrons. The predicted molar refractivity (Wildman–Crippen MR) is 59.7 cm³/mol. The molecule has 1 fully saturated rings. The molecule has 18 heavy (non-hydrogen) atoms. The highest BCUT2D eigenvalue weighted by atomic mass is 16.3. The molecule has 0 saturated carbocycles. The van der Waals surface area contributed by atoms with Crippen molar-refractivity contribution in [2.24, 2.45) is 11.8 Å². The van der Waals surface area contributed by atoms with Crippen molar-refractivity contribution in [3.8, 4) is 0 Å². The number of rotatable bonds is 3. The number of amides is 3. The summed E-state index contributed by atoms with van der Waals surface area (Å²) in [6.45, 7) is 1.65. The second-order valence-corrected chi connectivity index (χ2v) is 4.15. The summed E-state index contributed by atoms with van der Waals surface area (Å²) in [5.74, 6) is 3.91. The molecule has 0 spiro atoms. The van der Waals surface area contributed by atoms with Gasteiger partial charge in [-0.15, -0.1) is 0 Å². The fourth-order valence-electron chi connectivity index (χ4n) is 1.90. The Hall–Kier alpha value is -2.15. The quantitative estimate of drug-likeness (QED) is 0.334. The first-order chi connectivity index (χ1) is 8.54. The van der Waals surface area contributed by atoms with Crippen molar-refractivity contribution in [1.82, 2.24) is 10.3 Å². The third-order valence-corrected chi connectivity index (χ3v) is 2.89. The van der Waals surface area contributed by atoms with Crippen molar-refractivity contribution in [3.05, 3.63) is 23.7 Å². The fraction of sp³-hybridized carbons (Fsp3) is 0.364. The Morgan fingerprint density at radius 1 is 1.61 bits per heavy atom. The Morgan fingerprint density at radius 3 is 2.89 bits per heavy atom. The van der Waals surface area contributed by atoms with Crippen LogP contribution in [0.15, 0.2) is 16.7 Å². The highest BCUT2D eigenvalue weighted by Gasteiger charge is 2.36. The maximum Gasteiger partial charge on any atom is 0.268 e. The molecule has 3 amide bonds. The molecule has 0 aromatic carbocycles. The van der Waals surface area contributed by atoms with Gasteiger partial charge in [-0.2, -0.15) is 0 Å². The van der Waals surface area contributed by atoms with Gasteiger partial charge < -0.3 is 4.42 Å². The van der Waals surface area contributed by atoms with E-state index in [1.807, 2.05) is 5.43 Å². The Labute approximate surface area is 103 Å². The van der Waals surface area contributed by atoms with E-state index in [0.717, 1.165) is 4.90 Å². The number of nitrogens with two attached hydrogens (primary N) is 1.